The summed E-state index contributed by atoms with van der Waals surface area (Å²) in [7, 11) is -2.25. The zero-order chi connectivity index (χ0) is 26.8. The summed E-state index contributed by atoms with van der Waals surface area (Å²) in [4.78, 5) is 24.9. The van der Waals surface area contributed by atoms with Gasteiger partial charge in [0.1, 0.15) is 18.1 Å². The van der Waals surface area contributed by atoms with Crippen LogP contribution < -0.4 is 5.32 Å². The monoisotopic (exact) mass is 529 g/mol. The number of aromatic nitrogens is 2. The second kappa shape index (κ2) is 10.4. The average Bonchev–Trinajstić information content (AvgIpc) is 3.23. The maximum Gasteiger partial charge on any atom is 0.321 e. The number of aryl methyl sites for hydroxylation is 1. The van der Waals surface area contributed by atoms with E-state index in [2.05, 4.69) is 10.4 Å². The lowest BCUT2D eigenvalue weighted by molar-refractivity contribution is -0.162. The summed E-state index contributed by atoms with van der Waals surface area (Å²) in [5.41, 5.74) is 1.93. The minimum atomic E-state index is -3.88. The molecule has 1 amide bonds. The third kappa shape index (κ3) is 6.23. The van der Waals surface area contributed by atoms with E-state index in [1.165, 1.54) is 28.9 Å². The summed E-state index contributed by atoms with van der Waals surface area (Å²) in [5, 5.41) is 7.20. The summed E-state index contributed by atoms with van der Waals surface area (Å²) in [5.74, 6) is -2.30. The molecule has 2 heterocycles. The molecule has 9 nitrogen and oxygen atoms in total. The number of benzene rings is 2. The molecule has 4 rings (SSSR count). The summed E-state index contributed by atoms with van der Waals surface area (Å²) >= 11 is 0. The molecular weight excluding hydrogens is 501 g/mol. The topological polar surface area (TPSA) is 117 Å². The SMILES string of the molecule is CC(NC(=O)c1cc(-c2ccc(F)cc2)nn1C)c1ccc(S(=O)(=O)CC(=O)OCC2(C)COC2)cc1. The molecule has 196 valence electrons. The highest BCUT2D eigenvalue weighted by atomic mass is 32.2. The molecule has 1 atom stereocenters. The molecule has 0 saturated carbocycles. The standard InChI is InChI=1S/C26H28FN3O6S/c1-17(28-25(32)23-12-22(29-30(23)3)19-4-8-20(27)9-5-19)18-6-10-21(11-7-18)37(33,34)13-24(31)36-16-26(2)14-35-15-26/h4-12,17H,13-16H2,1-3H3,(H,28,32). The summed E-state index contributed by atoms with van der Waals surface area (Å²) in [6.07, 6.45) is 0. The Kier molecular flexibility index (Phi) is 7.47. The first-order valence-electron chi connectivity index (χ1n) is 11.6. The zero-order valence-electron chi connectivity index (χ0n) is 20.7. The molecule has 0 bridgehead atoms. The second-order valence-corrected chi connectivity index (χ2v) is 11.5. The lowest BCUT2D eigenvalue weighted by atomic mass is 9.90. The van der Waals surface area contributed by atoms with Crippen molar-refractivity contribution in [2.75, 3.05) is 25.6 Å². The number of esters is 1. The molecule has 3 aromatic rings. The van der Waals surface area contributed by atoms with Gasteiger partial charge in [-0.3, -0.25) is 14.3 Å². The second-order valence-electron chi connectivity index (χ2n) is 9.53. The van der Waals surface area contributed by atoms with Crippen LogP contribution in [0.1, 0.15) is 35.9 Å². The molecule has 11 heteroatoms. The number of amides is 1. The van der Waals surface area contributed by atoms with Gasteiger partial charge in [-0.15, -0.1) is 0 Å². The van der Waals surface area contributed by atoms with Crippen LogP contribution in [0.15, 0.2) is 59.5 Å². The fourth-order valence-electron chi connectivity index (χ4n) is 3.83. The number of nitrogens with zero attached hydrogens (tertiary/aromatic N) is 2. The molecule has 0 aliphatic carbocycles. The third-order valence-electron chi connectivity index (χ3n) is 6.13. The number of rotatable bonds is 9. The molecule has 1 aliphatic heterocycles. The first-order valence-corrected chi connectivity index (χ1v) is 13.3. The Morgan fingerprint density at radius 3 is 2.41 bits per heavy atom. The van der Waals surface area contributed by atoms with Crippen molar-refractivity contribution in [3.8, 4) is 11.3 Å². The minimum absolute atomic E-state index is 0.0134. The van der Waals surface area contributed by atoms with Gasteiger partial charge in [-0.2, -0.15) is 5.10 Å². The van der Waals surface area contributed by atoms with Gasteiger partial charge < -0.3 is 14.8 Å². The van der Waals surface area contributed by atoms with E-state index in [4.69, 9.17) is 9.47 Å². The van der Waals surface area contributed by atoms with Gasteiger partial charge in [0.15, 0.2) is 15.6 Å². The van der Waals surface area contributed by atoms with E-state index in [1.54, 1.807) is 44.3 Å². The van der Waals surface area contributed by atoms with Crippen LogP contribution >= 0.6 is 0 Å². The summed E-state index contributed by atoms with van der Waals surface area (Å²) < 4.78 is 50.2. The Morgan fingerprint density at radius 2 is 1.81 bits per heavy atom. The molecule has 37 heavy (non-hydrogen) atoms. The maximum absolute atomic E-state index is 13.2. The van der Waals surface area contributed by atoms with Gasteiger partial charge in [0, 0.05) is 18.0 Å². The maximum atomic E-state index is 13.2. The first-order chi connectivity index (χ1) is 17.5. The summed E-state index contributed by atoms with van der Waals surface area (Å²) in [6, 6.07) is 13.0. The van der Waals surface area contributed by atoms with Crippen molar-refractivity contribution in [2.45, 2.75) is 24.8 Å². The molecule has 1 aromatic heterocycles. The van der Waals surface area contributed by atoms with Crippen LogP contribution in [-0.4, -0.2) is 55.6 Å². The number of hydrogen-bond acceptors (Lipinski definition) is 7. The Bertz CT molecular complexity index is 1400. The van der Waals surface area contributed by atoms with Crippen molar-refractivity contribution in [3.63, 3.8) is 0 Å². The van der Waals surface area contributed by atoms with Gasteiger partial charge in [0.2, 0.25) is 0 Å². The fraction of sp³-hybridized carbons (Fsp3) is 0.346. The lowest BCUT2D eigenvalue weighted by Gasteiger charge is -2.37. The molecular formula is C26H28FN3O6S. The van der Waals surface area contributed by atoms with E-state index in [9.17, 15) is 22.4 Å². The molecule has 1 N–H and O–H groups in total. The van der Waals surface area contributed by atoms with Gasteiger partial charge in [-0.25, -0.2) is 12.8 Å². The Hall–Kier alpha value is -3.57. The van der Waals surface area contributed by atoms with E-state index >= 15 is 0 Å². The molecule has 0 spiro atoms. The minimum Gasteiger partial charge on any atom is -0.464 e. The Balaban J connectivity index is 1.37. The van der Waals surface area contributed by atoms with E-state index in [1.807, 2.05) is 6.92 Å². The van der Waals surface area contributed by atoms with Crippen LogP contribution in [0.5, 0.6) is 0 Å². The van der Waals surface area contributed by atoms with Crippen LogP contribution in [0, 0.1) is 11.2 Å². The molecule has 0 radical (unpaired) electrons. The number of carbonyl (C=O) groups excluding carboxylic acids is 2. The summed E-state index contributed by atoms with van der Waals surface area (Å²) in [6.45, 7) is 4.72. The molecule has 2 aromatic carbocycles. The molecule has 1 fully saturated rings. The quantitative estimate of drug-likeness (QED) is 0.424. The predicted octanol–water partition coefficient (Wildman–Crippen LogP) is 3.07. The van der Waals surface area contributed by atoms with Gasteiger partial charge in [-0.1, -0.05) is 19.1 Å². The van der Waals surface area contributed by atoms with Gasteiger partial charge in [0.25, 0.3) is 5.91 Å². The number of carbonyl (C=O) groups is 2. The van der Waals surface area contributed by atoms with Crippen LogP contribution in [-0.2, 0) is 31.2 Å². The van der Waals surface area contributed by atoms with Crippen molar-refractivity contribution in [1.82, 2.24) is 15.1 Å². The number of hydrogen-bond donors (Lipinski definition) is 1. The predicted molar refractivity (Wildman–Crippen MR) is 133 cm³/mol. The van der Waals surface area contributed by atoms with E-state index in [0.29, 0.717) is 35.7 Å². The number of ether oxygens (including phenoxy) is 2. The largest absolute Gasteiger partial charge is 0.464 e. The number of halogens is 1. The average molecular weight is 530 g/mol. The third-order valence-corrected chi connectivity index (χ3v) is 7.74. The van der Waals surface area contributed by atoms with Crippen LogP contribution in [0.25, 0.3) is 11.3 Å². The zero-order valence-corrected chi connectivity index (χ0v) is 21.5. The first kappa shape index (κ1) is 26.5. The van der Waals surface area contributed by atoms with Crippen molar-refractivity contribution < 1.29 is 31.9 Å². The molecule has 1 saturated heterocycles. The highest BCUT2D eigenvalue weighted by Gasteiger charge is 2.35. The van der Waals surface area contributed by atoms with Gasteiger partial charge in [-0.05, 0) is 55.0 Å². The fourth-order valence-corrected chi connectivity index (χ4v) is 4.94. The number of nitrogens with one attached hydrogen (secondary N) is 1. The van der Waals surface area contributed by atoms with Crippen molar-refractivity contribution in [2.24, 2.45) is 12.5 Å². The van der Waals surface area contributed by atoms with Crippen LogP contribution in [0.4, 0.5) is 4.39 Å². The Morgan fingerprint density at radius 1 is 1.16 bits per heavy atom. The van der Waals surface area contributed by atoms with E-state index in [-0.39, 0.29) is 28.6 Å². The molecule has 1 unspecified atom stereocenters. The van der Waals surface area contributed by atoms with Crippen molar-refractivity contribution >= 4 is 21.7 Å². The smallest absolute Gasteiger partial charge is 0.321 e. The van der Waals surface area contributed by atoms with Gasteiger partial charge >= 0.3 is 5.97 Å². The normalized spacial score (nSPS) is 15.5. The van der Waals surface area contributed by atoms with E-state index in [0.717, 1.165) is 0 Å². The van der Waals surface area contributed by atoms with Gasteiger partial charge in [0.05, 0.1) is 29.8 Å². The Labute approximate surface area is 214 Å². The molecule has 1 aliphatic rings. The highest BCUT2D eigenvalue weighted by Crippen LogP contribution is 2.27. The van der Waals surface area contributed by atoms with E-state index < -0.39 is 27.6 Å². The van der Waals surface area contributed by atoms with Crippen molar-refractivity contribution in [1.29, 1.82) is 0 Å². The highest BCUT2D eigenvalue weighted by molar-refractivity contribution is 7.92. The van der Waals surface area contributed by atoms with Crippen LogP contribution in [0.3, 0.4) is 0 Å². The number of sulfone groups is 1. The lowest BCUT2D eigenvalue weighted by Crippen LogP contribution is -2.44. The van der Waals surface area contributed by atoms with Crippen molar-refractivity contribution in [3.05, 3.63) is 71.7 Å². The van der Waals surface area contributed by atoms with Crippen LogP contribution in [0.2, 0.25) is 0 Å².